The second-order valence-corrected chi connectivity index (χ2v) is 6.65. The van der Waals surface area contributed by atoms with Crippen molar-refractivity contribution in [2.75, 3.05) is 32.8 Å². The molecule has 0 spiro atoms. The van der Waals surface area contributed by atoms with Crippen LogP contribution in [0.4, 0.5) is 0 Å². The number of hydrogen-bond acceptors (Lipinski definition) is 3. The van der Waals surface area contributed by atoms with Gasteiger partial charge in [-0.05, 0) is 36.6 Å². The maximum absolute atomic E-state index is 12.6. The fraction of sp³-hybridized carbons (Fsp3) is 0.579. The lowest BCUT2D eigenvalue weighted by atomic mass is 10.1. The van der Waals surface area contributed by atoms with Gasteiger partial charge in [0.2, 0.25) is 5.91 Å². The van der Waals surface area contributed by atoms with Crippen LogP contribution in [0.1, 0.15) is 44.0 Å². The average molecular weight is 332 g/mol. The number of benzene rings is 1. The van der Waals surface area contributed by atoms with Crippen molar-refractivity contribution in [2.45, 2.75) is 33.6 Å². The molecule has 0 atom stereocenters. The topological polar surface area (TPSA) is 49.9 Å². The summed E-state index contributed by atoms with van der Waals surface area (Å²) < 4.78 is 5.64. The first kappa shape index (κ1) is 18.3. The van der Waals surface area contributed by atoms with Crippen molar-refractivity contribution < 1.29 is 14.3 Å². The van der Waals surface area contributed by atoms with E-state index in [2.05, 4.69) is 13.8 Å². The van der Waals surface area contributed by atoms with Crippen molar-refractivity contribution in [1.29, 1.82) is 0 Å². The lowest BCUT2D eigenvalue weighted by Crippen LogP contribution is -2.50. The summed E-state index contributed by atoms with van der Waals surface area (Å²) in [5, 5.41) is 0. The molecule has 1 aliphatic rings. The molecule has 1 aromatic rings. The number of amides is 2. The molecule has 0 saturated carbocycles. The minimum Gasteiger partial charge on any atom is -0.493 e. The molecule has 0 radical (unpaired) electrons. The Balaban J connectivity index is 1.87. The molecule has 1 saturated heterocycles. The van der Waals surface area contributed by atoms with Gasteiger partial charge in [0.25, 0.3) is 5.91 Å². The van der Waals surface area contributed by atoms with Crippen LogP contribution in [0, 0.1) is 5.92 Å². The predicted octanol–water partition coefficient (Wildman–Crippen LogP) is 2.81. The van der Waals surface area contributed by atoms with Crippen molar-refractivity contribution in [1.82, 2.24) is 9.80 Å². The summed E-state index contributed by atoms with van der Waals surface area (Å²) in [6.07, 6.45) is 1.45. The highest BCUT2D eigenvalue weighted by Gasteiger charge is 2.24. The van der Waals surface area contributed by atoms with E-state index in [0.29, 0.717) is 50.7 Å². The van der Waals surface area contributed by atoms with Crippen molar-refractivity contribution in [3.8, 4) is 5.75 Å². The molecular formula is C19H28N2O3. The van der Waals surface area contributed by atoms with E-state index >= 15 is 0 Å². The smallest absolute Gasteiger partial charge is 0.253 e. The zero-order chi connectivity index (χ0) is 17.5. The average Bonchev–Trinajstić information content (AvgIpc) is 2.60. The zero-order valence-electron chi connectivity index (χ0n) is 15.0. The quantitative estimate of drug-likeness (QED) is 0.805. The summed E-state index contributed by atoms with van der Waals surface area (Å²) in [6, 6.07) is 7.31. The third kappa shape index (κ3) is 4.98. The molecule has 5 heteroatoms. The SMILES string of the molecule is CCCC(=O)N1CCN(C(=O)c2ccc(OCC(C)C)cc2)CC1. The second-order valence-electron chi connectivity index (χ2n) is 6.65. The molecule has 132 valence electrons. The van der Waals surface area contributed by atoms with Gasteiger partial charge >= 0.3 is 0 Å². The molecule has 0 aromatic heterocycles. The van der Waals surface area contributed by atoms with E-state index in [1.54, 1.807) is 0 Å². The number of piperazine rings is 1. The van der Waals surface area contributed by atoms with Gasteiger partial charge in [-0.2, -0.15) is 0 Å². The van der Waals surface area contributed by atoms with E-state index < -0.39 is 0 Å². The maximum Gasteiger partial charge on any atom is 0.253 e. The van der Waals surface area contributed by atoms with Gasteiger partial charge in [0.15, 0.2) is 0 Å². The van der Waals surface area contributed by atoms with Crippen LogP contribution < -0.4 is 4.74 Å². The molecule has 24 heavy (non-hydrogen) atoms. The van der Waals surface area contributed by atoms with Crippen LogP contribution in [0.5, 0.6) is 5.75 Å². The number of rotatable bonds is 6. The Morgan fingerprint density at radius 1 is 1.04 bits per heavy atom. The molecule has 0 bridgehead atoms. The first-order valence-corrected chi connectivity index (χ1v) is 8.81. The third-order valence-corrected chi connectivity index (χ3v) is 4.07. The Morgan fingerprint density at radius 2 is 1.62 bits per heavy atom. The summed E-state index contributed by atoms with van der Waals surface area (Å²) >= 11 is 0. The highest BCUT2D eigenvalue weighted by atomic mass is 16.5. The number of nitrogens with zero attached hydrogens (tertiary/aromatic N) is 2. The van der Waals surface area contributed by atoms with Gasteiger partial charge in [-0.3, -0.25) is 9.59 Å². The van der Waals surface area contributed by atoms with Crippen LogP contribution in [0.15, 0.2) is 24.3 Å². The fourth-order valence-corrected chi connectivity index (χ4v) is 2.67. The predicted molar refractivity (Wildman–Crippen MR) is 94.2 cm³/mol. The van der Waals surface area contributed by atoms with Gasteiger partial charge in [-0.1, -0.05) is 20.8 Å². The molecule has 0 unspecified atom stereocenters. The zero-order valence-corrected chi connectivity index (χ0v) is 15.0. The molecular weight excluding hydrogens is 304 g/mol. The first-order chi connectivity index (χ1) is 11.5. The second kappa shape index (κ2) is 8.71. The van der Waals surface area contributed by atoms with Gasteiger partial charge in [0.05, 0.1) is 6.61 Å². The Morgan fingerprint density at radius 3 is 2.17 bits per heavy atom. The summed E-state index contributed by atoms with van der Waals surface area (Å²) in [5.74, 6) is 1.47. The maximum atomic E-state index is 12.6. The van der Waals surface area contributed by atoms with Crippen LogP contribution in [-0.2, 0) is 4.79 Å². The summed E-state index contributed by atoms with van der Waals surface area (Å²) in [6.45, 7) is 9.32. The van der Waals surface area contributed by atoms with Gasteiger partial charge in [-0.15, -0.1) is 0 Å². The summed E-state index contributed by atoms with van der Waals surface area (Å²) in [5.41, 5.74) is 0.667. The number of carbonyl (C=O) groups is 2. The largest absolute Gasteiger partial charge is 0.493 e. The molecule has 1 heterocycles. The van der Waals surface area contributed by atoms with Crippen molar-refractivity contribution in [3.63, 3.8) is 0 Å². The number of ether oxygens (including phenoxy) is 1. The van der Waals surface area contributed by atoms with Gasteiger partial charge in [0.1, 0.15) is 5.75 Å². The fourth-order valence-electron chi connectivity index (χ4n) is 2.67. The van der Waals surface area contributed by atoms with Gasteiger partial charge < -0.3 is 14.5 Å². The van der Waals surface area contributed by atoms with Crippen LogP contribution in [-0.4, -0.2) is 54.4 Å². The lowest BCUT2D eigenvalue weighted by molar-refractivity contribution is -0.132. The van der Waals surface area contributed by atoms with Crippen LogP contribution in [0.25, 0.3) is 0 Å². The molecule has 2 rings (SSSR count). The van der Waals surface area contributed by atoms with Crippen LogP contribution >= 0.6 is 0 Å². The Bertz CT molecular complexity index is 546. The molecule has 1 aliphatic heterocycles. The molecule has 1 aromatic carbocycles. The van der Waals surface area contributed by atoms with Crippen molar-refractivity contribution in [3.05, 3.63) is 29.8 Å². The molecule has 5 nitrogen and oxygen atoms in total. The van der Waals surface area contributed by atoms with Crippen molar-refractivity contribution >= 4 is 11.8 Å². The number of carbonyl (C=O) groups excluding carboxylic acids is 2. The highest BCUT2D eigenvalue weighted by molar-refractivity contribution is 5.94. The first-order valence-electron chi connectivity index (χ1n) is 8.81. The van der Waals surface area contributed by atoms with E-state index in [4.69, 9.17) is 4.74 Å². The monoisotopic (exact) mass is 332 g/mol. The van der Waals surface area contributed by atoms with E-state index in [-0.39, 0.29) is 11.8 Å². The van der Waals surface area contributed by atoms with Crippen LogP contribution in [0.3, 0.4) is 0 Å². The highest BCUT2D eigenvalue weighted by Crippen LogP contribution is 2.16. The normalized spacial score (nSPS) is 14.8. The van der Waals surface area contributed by atoms with E-state index in [9.17, 15) is 9.59 Å². The van der Waals surface area contributed by atoms with E-state index in [1.807, 2.05) is 41.0 Å². The molecule has 0 aliphatic carbocycles. The van der Waals surface area contributed by atoms with E-state index in [1.165, 1.54) is 0 Å². The van der Waals surface area contributed by atoms with Gasteiger partial charge in [-0.25, -0.2) is 0 Å². The van der Waals surface area contributed by atoms with Crippen LogP contribution in [0.2, 0.25) is 0 Å². The Labute approximate surface area is 144 Å². The molecule has 2 amide bonds. The van der Waals surface area contributed by atoms with E-state index in [0.717, 1.165) is 12.2 Å². The molecule has 1 fully saturated rings. The lowest BCUT2D eigenvalue weighted by Gasteiger charge is -2.34. The Kier molecular flexibility index (Phi) is 6.64. The number of hydrogen-bond donors (Lipinski definition) is 0. The van der Waals surface area contributed by atoms with Gasteiger partial charge in [0, 0.05) is 38.2 Å². The Hall–Kier alpha value is -2.04. The third-order valence-electron chi connectivity index (χ3n) is 4.07. The minimum atomic E-state index is 0.0213. The molecule has 0 N–H and O–H groups in total. The minimum absolute atomic E-state index is 0.0213. The van der Waals surface area contributed by atoms with Crippen molar-refractivity contribution in [2.24, 2.45) is 5.92 Å². The summed E-state index contributed by atoms with van der Waals surface area (Å²) in [4.78, 5) is 28.1. The standard InChI is InChI=1S/C19H28N2O3/c1-4-5-18(22)20-10-12-21(13-11-20)19(23)16-6-8-17(9-7-16)24-14-15(2)3/h6-9,15H,4-5,10-14H2,1-3H3. The summed E-state index contributed by atoms with van der Waals surface area (Å²) in [7, 11) is 0.